The Morgan fingerprint density at radius 2 is 1.78 bits per heavy atom. The quantitative estimate of drug-likeness (QED) is 0.464. The average Bonchev–Trinajstić information content (AvgIpc) is 3.34. The molecule has 0 radical (unpaired) electrons. The van der Waals surface area contributed by atoms with Gasteiger partial charge in [-0.25, -0.2) is 4.79 Å². The number of benzene rings is 2. The van der Waals surface area contributed by atoms with Crippen molar-refractivity contribution in [1.82, 2.24) is 15.5 Å². The molecule has 0 spiro atoms. The van der Waals surface area contributed by atoms with E-state index in [1.807, 2.05) is 55.5 Å². The average molecular weight is 498 g/mol. The normalized spacial score (nSPS) is 24.5. The molecule has 4 atom stereocenters. The van der Waals surface area contributed by atoms with E-state index in [2.05, 4.69) is 15.5 Å². The Morgan fingerprint density at radius 3 is 2.47 bits per heavy atom. The highest BCUT2D eigenvalue weighted by atomic mass is 16.7. The Morgan fingerprint density at radius 1 is 1.06 bits per heavy atom. The molecule has 0 bridgehead atoms. The van der Waals surface area contributed by atoms with Gasteiger partial charge < -0.3 is 30.0 Å². The summed E-state index contributed by atoms with van der Waals surface area (Å²) in [5, 5.41) is 15.0. The first-order valence-corrected chi connectivity index (χ1v) is 12.9. The number of methoxy groups -OCH3 is 1. The topological polar surface area (TPSA) is 92.3 Å². The molecule has 2 aromatic rings. The van der Waals surface area contributed by atoms with Crippen LogP contribution in [0.3, 0.4) is 0 Å². The third kappa shape index (κ3) is 7.05. The number of urea groups is 1. The Kier molecular flexibility index (Phi) is 9.72. The van der Waals surface area contributed by atoms with Crippen LogP contribution in [0.5, 0.6) is 0 Å². The molecule has 2 amide bonds. The van der Waals surface area contributed by atoms with Crippen LogP contribution in [0.25, 0.3) is 0 Å². The number of amides is 2. The number of nitrogens with zero attached hydrogens (tertiary/aromatic N) is 1. The SMILES string of the molecule is CCNC(=O)NCc1ccc([C@@H]2O[C@H](CN3CCC[C@H]3COC)C[C@H](c3ccc(CO)cc3)O2)cc1. The lowest BCUT2D eigenvalue weighted by atomic mass is 9.99. The second kappa shape index (κ2) is 13.2. The van der Waals surface area contributed by atoms with Crippen molar-refractivity contribution >= 4 is 6.03 Å². The maximum atomic E-state index is 11.7. The lowest BCUT2D eigenvalue weighted by molar-refractivity contribution is -0.253. The molecular formula is C28H39N3O5. The lowest BCUT2D eigenvalue weighted by Gasteiger charge is -2.38. The highest BCUT2D eigenvalue weighted by molar-refractivity contribution is 5.73. The second-order valence-corrected chi connectivity index (χ2v) is 9.55. The molecule has 2 aliphatic rings. The van der Waals surface area contributed by atoms with E-state index < -0.39 is 6.29 Å². The van der Waals surface area contributed by atoms with Gasteiger partial charge in [0.25, 0.3) is 0 Å². The van der Waals surface area contributed by atoms with E-state index in [1.165, 1.54) is 6.42 Å². The van der Waals surface area contributed by atoms with E-state index in [1.54, 1.807) is 7.11 Å². The number of nitrogens with one attached hydrogen (secondary N) is 2. The van der Waals surface area contributed by atoms with Crippen molar-refractivity contribution in [1.29, 1.82) is 0 Å². The molecule has 8 heteroatoms. The zero-order chi connectivity index (χ0) is 25.3. The van der Waals surface area contributed by atoms with Crippen molar-refractivity contribution in [2.75, 3.05) is 33.4 Å². The van der Waals surface area contributed by atoms with E-state index in [4.69, 9.17) is 14.2 Å². The summed E-state index contributed by atoms with van der Waals surface area (Å²) in [5.74, 6) is 0. The van der Waals surface area contributed by atoms with Crippen LogP contribution in [-0.2, 0) is 27.4 Å². The van der Waals surface area contributed by atoms with Gasteiger partial charge in [0.05, 0.1) is 25.4 Å². The van der Waals surface area contributed by atoms with Gasteiger partial charge in [-0.15, -0.1) is 0 Å². The summed E-state index contributed by atoms with van der Waals surface area (Å²) in [6.07, 6.45) is 2.52. The number of hydrogen-bond acceptors (Lipinski definition) is 6. The van der Waals surface area contributed by atoms with E-state index in [0.29, 0.717) is 19.1 Å². The zero-order valence-electron chi connectivity index (χ0n) is 21.3. The fourth-order valence-electron chi connectivity index (χ4n) is 5.01. The first-order valence-electron chi connectivity index (χ1n) is 12.9. The number of ether oxygens (including phenoxy) is 3. The molecule has 2 heterocycles. The molecule has 0 saturated carbocycles. The van der Waals surface area contributed by atoms with Gasteiger partial charge in [0.1, 0.15) is 0 Å². The maximum absolute atomic E-state index is 11.7. The van der Waals surface area contributed by atoms with Crippen LogP contribution in [0.4, 0.5) is 4.79 Å². The molecule has 2 fully saturated rings. The van der Waals surface area contributed by atoms with Gasteiger partial charge in [0.2, 0.25) is 0 Å². The van der Waals surface area contributed by atoms with Crippen LogP contribution in [-0.4, -0.2) is 61.5 Å². The van der Waals surface area contributed by atoms with Gasteiger partial charge in [-0.3, -0.25) is 4.90 Å². The van der Waals surface area contributed by atoms with Gasteiger partial charge >= 0.3 is 6.03 Å². The van der Waals surface area contributed by atoms with Crippen LogP contribution in [0.2, 0.25) is 0 Å². The molecule has 0 aromatic heterocycles. The smallest absolute Gasteiger partial charge is 0.315 e. The van der Waals surface area contributed by atoms with Crippen LogP contribution >= 0.6 is 0 Å². The fourth-order valence-corrected chi connectivity index (χ4v) is 5.01. The minimum atomic E-state index is -0.486. The summed E-state index contributed by atoms with van der Waals surface area (Å²) in [6, 6.07) is 16.2. The van der Waals surface area contributed by atoms with Crippen LogP contribution in [0.1, 0.15) is 60.8 Å². The van der Waals surface area contributed by atoms with E-state index in [-0.39, 0.29) is 24.8 Å². The lowest BCUT2D eigenvalue weighted by Crippen LogP contribution is -2.42. The van der Waals surface area contributed by atoms with Crippen molar-refractivity contribution < 1.29 is 24.1 Å². The number of likely N-dealkylation sites (tertiary alicyclic amines) is 1. The summed E-state index contributed by atoms with van der Waals surface area (Å²) < 4.78 is 18.4. The number of carbonyl (C=O) groups is 1. The minimum Gasteiger partial charge on any atom is -0.392 e. The number of hydrogen-bond donors (Lipinski definition) is 3. The predicted octanol–water partition coefficient (Wildman–Crippen LogP) is 3.65. The molecule has 2 aromatic carbocycles. The largest absolute Gasteiger partial charge is 0.392 e. The molecule has 2 saturated heterocycles. The van der Waals surface area contributed by atoms with Crippen LogP contribution < -0.4 is 10.6 Å². The van der Waals surface area contributed by atoms with Gasteiger partial charge in [-0.2, -0.15) is 0 Å². The van der Waals surface area contributed by atoms with Gasteiger partial charge in [0, 0.05) is 44.8 Å². The van der Waals surface area contributed by atoms with Crippen LogP contribution in [0, 0.1) is 0 Å². The first kappa shape index (κ1) is 26.6. The highest BCUT2D eigenvalue weighted by Crippen LogP contribution is 2.38. The molecule has 2 aliphatic heterocycles. The summed E-state index contributed by atoms with van der Waals surface area (Å²) in [7, 11) is 1.76. The second-order valence-electron chi connectivity index (χ2n) is 9.55. The Hall–Kier alpha value is -2.49. The fraction of sp³-hybridized carbons (Fsp3) is 0.536. The Balaban J connectivity index is 1.47. The van der Waals surface area contributed by atoms with Crippen LogP contribution in [0.15, 0.2) is 48.5 Å². The van der Waals surface area contributed by atoms with Gasteiger partial charge in [-0.1, -0.05) is 48.5 Å². The van der Waals surface area contributed by atoms with Crippen molar-refractivity contribution in [3.63, 3.8) is 0 Å². The maximum Gasteiger partial charge on any atom is 0.315 e. The van der Waals surface area contributed by atoms with Crippen molar-refractivity contribution in [2.24, 2.45) is 0 Å². The standard InChI is InChI=1S/C28H39N3O5/c1-3-29-28(33)30-16-20-6-12-23(13-7-20)27-35-25(17-31-14-4-5-24(31)19-34-2)15-26(36-27)22-10-8-21(18-32)9-11-22/h6-13,24-27,32H,3-5,14-19H2,1-2H3,(H2,29,30,33)/t24-,25-,26+,27+/m0/s1. The Labute approximate surface area is 213 Å². The van der Waals surface area contributed by atoms with E-state index in [0.717, 1.165) is 54.8 Å². The monoisotopic (exact) mass is 497 g/mol. The van der Waals surface area contributed by atoms with E-state index >= 15 is 0 Å². The van der Waals surface area contributed by atoms with Gasteiger partial charge in [-0.05, 0) is 43.0 Å². The highest BCUT2D eigenvalue weighted by Gasteiger charge is 2.35. The van der Waals surface area contributed by atoms with Crippen molar-refractivity contribution in [2.45, 2.75) is 63.9 Å². The zero-order valence-corrected chi connectivity index (χ0v) is 21.3. The van der Waals surface area contributed by atoms with E-state index in [9.17, 15) is 9.90 Å². The summed E-state index contributed by atoms with van der Waals surface area (Å²) in [6.45, 7) is 5.60. The Bertz CT molecular complexity index is 953. The molecule has 0 unspecified atom stereocenters. The molecule has 0 aliphatic carbocycles. The summed E-state index contributed by atoms with van der Waals surface area (Å²) in [4.78, 5) is 14.2. The molecule has 196 valence electrons. The molecular weight excluding hydrogens is 458 g/mol. The third-order valence-corrected chi connectivity index (χ3v) is 6.95. The molecule has 4 rings (SSSR count). The number of aliphatic hydroxyl groups excluding tert-OH is 1. The first-order chi connectivity index (χ1) is 17.6. The third-order valence-electron chi connectivity index (χ3n) is 6.95. The molecule has 8 nitrogen and oxygen atoms in total. The van der Waals surface area contributed by atoms with Gasteiger partial charge in [0.15, 0.2) is 6.29 Å². The predicted molar refractivity (Wildman–Crippen MR) is 137 cm³/mol. The number of rotatable bonds is 10. The summed E-state index contributed by atoms with van der Waals surface area (Å²) in [5.41, 5.74) is 3.93. The van der Waals surface area contributed by atoms with Crippen molar-refractivity contribution in [3.8, 4) is 0 Å². The molecule has 36 heavy (non-hydrogen) atoms. The summed E-state index contributed by atoms with van der Waals surface area (Å²) >= 11 is 0. The number of carbonyl (C=O) groups excluding carboxylic acids is 1. The molecule has 3 N–H and O–H groups in total. The van der Waals surface area contributed by atoms with Crippen molar-refractivity contribution in [3.05, 3.63) is 70.8 Å². The minimum absolute atomic E-state index is 0.0165. The number of aliphatic hydroxyl groups is 1.